The van der Waals surface area contributed by atoms with Gasteiger partial charge in [0.05, 0.1) is 11.3 Å². The number of hydroxylamine groups is 1. The molecular weight excluding hydrogens is 422 g/mol. The van der Waals surface area contributed by atoms with Gasteiger partial charge >= 0.3 is 11.9 Å². The van der Waals surface area contributed by atoms with Gasteiger partial charge in [0, 0.05) is 5.39 Å². The second-order valence-corrected chi connectivity index (χ2v) is 8.48. The van der Waals surface area contributed by atoms with E-state index >= 15 is 0 Å². The third kappa shape index (κ3) is 3.82. The molecule has 0 unspecified atom stereocenters. The SMILES string of the molecule is O=C(O)C[C@](NO)(C(=O)O)c1cccc2cc(S(=O)(=O)O)cc(S(=O)(=O)O)c12. The van der Waals surface area contributed by atoms with Crippen molar-refractivity contribution in [2.75, 3.05) is 0 Å². The molecule has 14 heteroatoms. The first-order chi connectivity index (χ1) is 12.7. The van der Waals surface area contributed by atoms with Crippen LogP contribution >= 0.6 is 0 Å². The minimum atomic E-state index is -5.18. The molecular formula is C14H13NO11S2. The summed E-state index contributed by atoms with van der Waals surface area (Å²) in [6.07, 6.45) is -1.25. The maximum absolute atomic E-state index is 11.8. The Kier molecular flexibility index (Phi) is 5.48. The number of hydrogen-bond donors (Lipinski definition) is 6. The molecule has 2 rings (SSSR count). The number of rotatable bonds is 7. The summed E-state index contributed by atoms with van der Waals surface area (Å²) in [6, 6.07) is 4.41. The first-order valence-corrected chi connectivity index (χ1v) is 10.0. The Hall–Kier alpha value is -2.62. The molecule has 2 aromatic carbocycles. The van der Waals surface area contributed by atoms with E-state index in [0.717, 1.165) is 24.3 Å². The standard InChI is InChI=1S/C14H13NO11S2/c16-11(17)6-14(15-20,13(18)19)9-3-1-2-7-4-8(27(21,22)23)5-10(12(7)9)28(24,25)26/h1-5,15,20H,6H2,(H,16,17)(H,18,19)(H,21,22,23)(H,24,25,26)/t14-/m1/s1. The normalized spacial score (nSPS) is 14.5. The number of carboxylic acids is 2. The minimum Gasteiger partial charge on any atom is -0.481 e. The highest BCUT2D eigenvalue weighted by Gasteiger charge is 2.44. The molecule has 0 aliphatic rings. The third-order valence-electron chi connectivity index (χ3n) is 3.92. The van der Waals surface area contributed by atoms with Gasteiger partial charge in [-0.1, -0.05) is 18.2 Å². The quantitative estimate of drug-likeness (QED) is 0.251. The van der Waals surface area contributed by atoms with E-state index in [2.05, 4.69) is 0 Å². The van der Waals surface area contributed by atoms with E-state index in [9.17, 15) is 45.8 Å². The van der Waals surface area contributed by atoms with Crippen molar-refractivity contribution in [2.45, 2.75) is 21.8 Å². The fourth-order valence-corrected chi connectivity index (χ4v) is 4.11. The Morgan fingerprint density at radius 3 is 2.04 bits per heavy atom. The summed E-state index contributed by atoms with van der Waals surface area (Å²) in [5.74, 6) is -3.58. The number of aliphatic carboxylic acids is 2. The molecule has 1 atom stereocenters. The molecule has 6 N–H and O–H groups in total. The number of carbonyl (C=O) groups is 2. The van der Waals surface area contributed by atoms with Gasteiger partial charge in [-0.05, 0) is 23.1 Å². The summed E-state index contributed by atoms with van der Waals surface area (Å²) in [6.45, 7) is 0. The van der Waals surface area contributed by atoms with Crippen LogP contribution in [0.15, 0.2) is 40.1 Å². The fourth-order valence-electron chi connectivity index (χ4n) is 2.73. The van der Waals surface area contributed by atoms with Crippen LogP contribution in [0.25, 0.3) is 10.8 Å². The molecule has 0 bridgehead atoms. The van der Waals surface area contributed by atoms with Crippen molar-refractivity contribution in [2.24, 2.45) is 0 Å². The lowest BCUT2D eigenvalue weighted by molar-refractivity contribution is -0.157. The number of benzene rings is 2. The molecule has 0 heterocycles. The van der Waals surface area contributed by atoms with Gasteiger partial charge in [-0.2, -0.15) is 22.3 Å². The van der Waals surface area contributed by atoms with Crippen molar-refractivity contribution in [3.8, 4) is 0 Å². The van der Waals surface area contributed by atoms with E-state index in [1.54, 1.807) is 0 Å². The molecule has 2 aromatic rings. The second-order valence-electron chi connectivity index (χ2n) is 5.67. The van der Waals surface area contributed by atoms with Crippen LogP contribution < -0.4 is 5.48 Å². The van der Waals surface area contributed by atoms with Gasteiger partial charge in [-0.25, -0.2) is 4.79 Å². The minimum absolute atomic E-state index is 0.272. The average molecular weight is 435 g/mol. The van der Waals surface area contributed by atoms with E-state index in [-0.39, 0.29) is 5.39 Å². The molecule has 0 spiro atoms. The maximum atomic E-state index is 11.8. The Morgan fingerprint density at radius 1 is 1.00 bits per heavy atom. The zero-order valence-electron chi connectivity index (χ0n) is 13.6. The highest BCUT2D eigenvalue weighted by Crippen LogP contribution is 2.37. The zero-order chi connectivity index (χ0) is 21.5. The monoisotopic (exact) mass is 435 g/mol. The predicted molar refractivity (Wildman–Crippen MR) is 90.1 cm³/mol. The van der Waals surface area contributed by atoms with Crippen molar-refractivity contribution in [1.82, 2.24) is 5.48 Å². The predicted octanol–water partition coefficient (Wildman–Crippen LogP) is 0.0666. The zero-order valence-corrected chi connectivity index (χ0v) is 15.2. The molecule has 0 aliphatic heterocycles. The number of hydrogen-bond acceptors (Lipinski definition) is 8. The highest BCUT2D eigenvalue weighted by molar-refractivity contribution is 7.86. The van der Waals surface area contributed by atoms with Gasteiger partial charge in [0.1, 0.15) is 4.90 Å². The number of carboxylic acid groups (broad SMARTS) is 2. The van der Waals surface area contributed by atoms with Crippen LogP contribution in [-0.4, -0.2) is 53.3 Å². The first-order valence-electron chi connectivity index (χ1n) is 7.12. The van der Waals surface area contributed by atoms with Gasteiger partial charge in [0.25, 0.3) is 20.2 Å². The van der Waals surface area contributed by atoms with Crippen LogP contribution in [0.1, 0.15) is 12.0 Å². The van der Waals surface area contributed by atoms with Crippen LogP contribution in [0, 0.1) is 0 Å². The number of fused-ring (bicyclic) bond motifs is 1. The molecule has 0 amide bonds. The molecule has 0 fully saturated rings. The Balaban J connectivity index is 3.12. The topological polar surface area (TPSA) is 216 Å². The molecule has 152 valence electrons. The molecule has 0 saturated heterocycles. The lowest BCUT2D eigenvalue weighted by Crippen LogP contribution is -2.49. The highest BCUT2D eigenvalue weighted by atomic mass is 32.2. The van der Waals surface area contributed by atoms with Crippen LogP contribution in [0.5, 0.6) is 0 Å². The summed E-state index contributed by atoms with van der Waals surface area (Å²) in [5.41, 5.74) is -1.98. The number of nitrogens with one attached hydrogen (secondary N) is 1. The van der Waals surface area contributed by atoms with Crippen LogP contribution in [-0.2, 0) is 35.4 Å². The average Bonchev–Trinajstić information content (AvgIpc) is 2.56. The largest absolute Gasteiger partial charge is 0.481 e. The van der Waals surface area contributed by atoms with Crippen LogP contribution in [0.3, 0.4) is 0 Å². The summed E-state index contributed by atoms with van der Waals surface area (Å²) in [7, 11) is -10.1. The molecule has 12 nitrogen and oxygen atoms in total. The second kappa shape index (κ2) is 7.08. The van der Waals surface area contributed by atoms with E-state index in [0.29, 0.717) is 6.07 Å². The van der Waals surface area contributed by atoms with Crippen molar-refractivity contribution in [3.05, 3.63) is 35.9 Å². The van der Waals surface area contributed by atoms with Crippen molar-refractivity contribution in [1.29, 1.82) is 0 Å². The van der Waals surface area contributed by atoms with Crippen LogP contribution in [0.4, 0.5) is 0 Å². The molecule has 28 heavy (non-hydrogen) atoms. The lowest BCUT2D eigenvalue weighted by atomic mass is 9.84. The van der Waals surface area contributed by atoms with Crippen LogP contribution in [0.2, 0.25) is 0 Å². The maximum Gasteiger partial charge on any atom is 0.331 e. The van der Waals surface area contributed by atoms with Gasteiger partial charge < -0.3 is 15.4 Å². The Labute approximate surface area is 157 Å². The van der Waals surface area contributed by atoms with Crippen molar-refractivity contribution >= 4 is 42.9 Å². The van der Waals surface area contributed by atoms with Gasteiger partial charge in [0.2, 0.25) is 0 Å². The van der Waals surface area contributed by atoms with Gasteiger partial charge in [-0.15, -0.1) is 0 Å². The molecule has 0 saturated carbocycles. The Bertz CT molecular complexity index is 1190. The third-order valence-corrected chi connectivity index (χ3v) is 5.63. The summed E-state index contributed by atoms with van der Waals surface area (Å²) in [4.78, 5) is 20.9. The van der Waals surface area contributed by atoms with Crippen molar-refractivity contribution < 1.29 is 51.0 Å². The summed E-state index contributed by atoms with van der Waals surface area (Å²) in [5, 5.41) is 27.2. The molecule has 0 aliphatic carbocycles. The van der Waals surface area contributed by atoms with E-state index in [4.69, 9.17) is 5.11 Å². The lowest BCUT2D eigenvalue weighted by Gasteiger charge is -2.28. The smallest absolute Gasteiger partial charge is 0.331 e. The first kappa shape index (κ1) is 21.7. The fraction of sp³-hybridized carbons (Fsp3) is 0.143. The summed E-state index contributed by atoms with van der Waals surface area (Å²) >= 11 is 0. The van der Waals surface area contributed by atoms with E-state index < -0.39 is 64.9 Å². The van der Waals surface area contributed by atoms with Gasteiger partial charge in [-0.3, -0.25) is 13.9 Å². The Morgan fingerprint density at radius 2 is 1.61 bits per heavy atom. The van der Waals surface area contributed by atoms with Gasteiger partial charge in [0.15, 0.2) is 5.54 Å². The molecule has 0 aromatic heterocycles. The summed E-state index contributed by atoms with van der Waals surface area (Å²) < 4.78 is 65.1. The van der Waals surface area contributed by atoms with E-state index in [1.165, 1.54) is 5.48 Å². The van der Waals surface area contributed by atoms with Crippen molar-refractivity contribution in [3.63, 3.8) is 0 Å². The van der Waals surface area contributed by atoms with E-state index in [1.807, 2.05) is 0 Å². The molecule has 0 radical (unpaired) electrons.